The van der Waals surface area contributed by atoms with Crippen molar-refractivity contribution in [1.82, 2.24) is 15.2 Å². The molecule has 1 amide bonds. The van der Waals surface area contributed by atoms with Crippen LogP contribution in [0.2, 0.25) is 0 Å². The monoisotopic (exact) mass is 249 g/mol. The number of aromatic nitrogens is 1. The Morgan fingerprint density at radius 2 is 2.28 bits per heavy atom. The van der Waals surface area contributed by atoms with Gasteiger partial charge >= 0.3 is 0 Å². The Bertz CT molecular complexity index is 389. The summed E-state index contributed by atoms with van der Waals surface area (Å²) in [7, 11) is 0. The molecule has 2 N–H and O–H groups in total. The number of rotatable bonds is 3. The van der Waals surface area contributed by atoms with Crippen LogP contribution >= 0.6 is 0 Å². The van der Waals surface area contributed by atoms with E-state index in [2.05, 4.69) is 24.5 Å². The number of carbonyl (C=O) groups is 1. The molecule has 1 aliphatic rings. The van der Waals surface area contributed by atoms with Gasteiger partial charge in [0, 0.05) is 18.3 Å². The molecule has 1 aromatic rings. The van der Waals surface area contributed by atoms with Gasteiger partial charge in [-0.2, -0.15) is 0 Å². The Balaban J connectivity index is 2.00. The van der Waals surface area contributed by atoms with Crippen LogP contribution in [0.4, 0.5) is 0 Å². The van der Waals surface area contributed by atoms with Gasteiger partial charge in [-0.05, 0) is 58.3 Å². The average Bonchev–Trinajstić information content (AvgIpc) is 2.70. The molecular formula is C14H23N3O. The number of hydrogen-bond donors (Lipinski definition) is 2. The smallest absolute Gasteiger partial charge is 0.268 e. The first kappa shape index (κ1) is 13.1. The number of nitrogens with one attached hydrogen (secondary N) is 2. The maximum absolute atomic E-state index is 12.3. The van der Waals surface area contributed by atoms with E-state index in [9.17, 15) is 4.79 Å². The summed E-state index contributed by atoms with van der Waals surface area (Å²) in [5.74, 6) is 0.0561. The van der Waals surface area contributed by atoms with Crippen LogP contribution in [0.15, 0.2) is 18.3 Å². The van der Waals surface area contributed by atoms with Crippen molar-refractivity contribution >= 4 is 5.91 Å². The highest BCUT2D eigenvalue weighted by Gasteiger charge is 2.18. The fourth-order valence-electron chi connectivity index (χ4n) is 2.46. The van der Waals surface area contributed by atoms with E-state index in [-0.39, 0.29) is 5.91 Å². The van der Waals surface area contributed by atoms with E-state index in [0.717, 1.165) is 38.0 Å². The van der Waals surface area contributed by atoms with Crippen LogP contribution in [-0.2, 0) is 0 Å². The summed E-state index contributed by atoms with van der Waals surface area (Å²) in [6.07, 6.45) is 5.19. The zero-order chi connectivity index (χ0) is 13.0. The lowest BCUT2D eigenvalue weighted by Gasteiger charge is -2.18. The van der Waals surface area contributed by atoms with Gasteiger partial charge in [-0.3, -0.25) is 4.79 Å². The standard InChI is InChI=1S/C14H23N3O/c1-11(2)17-10-4-6-13(17)14(18)16-12-5-3-8-15-9-7-12/h4,6,10-12,15H,3,5,7-9H2,1-2H3,(H,16,18). The molecule has 4 nitrogen and oxygen atoms in total. The van der Waals surface area contributed by atoms with E-state index in [1.807, 2.05) is 22.9 Å². The van der Waals surface area contributed by atoms with Gasteiger partial charge in [-0.15, -0.1) is 0 Å². The van der Waals surface area contributed by atoms with Crippen LogP contribution < -0.4 is 10.6 Å². The summed E-state index contributed by atoms with van der Waals surface area (Å²) < 4.78 is 2.02. The SMILES string of the molecule is CC(C)n1cccc1C(=O)NC1CCCNCC1. The minimum atomic E-state index is 0.0561. The second-order valence-corrected chi connectivity index (χ2v) is 5.25. The van der Waals surface area contributed by atoms with Crippen molar-refractivity contribution in [1.29, 1.82) is 0 Å². The van der Waals surface area contributed by atoms with Gasteiger partial charge in [0.05, 0.1) is 0 Å². The molecule has 1 aliphatic heterocycles. The lowest BCUT2D eigenvalue weighted by atomic mass is 10.1. The average molecular weight is 249 g/mol. The van der Waals surface area contributed by atoms with Crippen molar-refractivity contribution in [2.75, 3.05) is 13.1 Å². The second-order valence-electron chi connectivity index (χ2n) is 5.25. The van der Waals surface area contributed by atoms with Crippen LogP contribution in [0.5, 0.6) is 0 Å². The third-order valence-corrected chi connectivity index (χ3v) is 3.48. The zero-order valence-corrected chi connectivity index (χ0v) is 11.3. The molecule has 1 saturated heterocycles. The van der Waals surface area contributed by atoms with Crippen molar-refractivity contribution in [3.8, 4) is 0 Å². The minimum Gasteiger partial charge on any atom is -0.348 e. The van der Waals surface area contributed by atoms with Gasteiger partial charge < -0.3 is 15.2 Å². The van der Waals surface area contributed by atoms with Crippen LogP contribution in [0, 0.1) is 0 Å². The molecule has 0 bridgehead atoms. The van der Waals surface area contributed by atoms with E-state index < -0.39 is 0 Å². The summed E-state index contributed by atoms with van der Waals surface area (Å²) in [5.41, 5.74) is 0.766. The van der Waals surface area contributed by atoms with Gasteiger partial charge in [0.25, 0.3) is 5.91 Å². The molecule has 4 heteroatoms. The molecule has 0 spiro atoms. The molecule has 1 atom stereocenters. The maximum atomic E-state index is 12.3. The van der Waals surface area contributed by atoms with E-state index in [1.165, 1.54) is 0 Å². The van der Waals surface area contributed by atoms with Gasteiger partial charge in [-0.25, -0.2) is 0 Å². The molecule has 2 heterocycles. The largest absolute Gasteiger partial charge is 0.348 e. The predicted octanol–water partition coefficient (Wildman–Crippen LogP) is 1.94. The van der Waals surface area contributed by atoms with E-state index >= 15 is 0 Å². The highest BCUT2D eigenvalue weighted by atomic mass is 16.2. The fourth-order valence-corrected chi connectivity index (χ4v) is 2.46. The molecule has 0 saturated carbocycles. The summed E-state index contributed by atoms with van der Waals surface area (Å²) in [6, 6.07) is 4.45. The summed E-state index contributed by atoms with van der Waals surface area (Å²) in [4.78, 5) is 12.3. The summed E-state index contributed by atoms with van der Waals surface area (Å²) >= 11 is 0. The molecule has 1 unspecified atom stereocenters. The van der Waals surface area contributed by atoms with Crippen LogP contribution in [0.1, 0.15) is 49.6 Å². The molecule has 0 aliphatic carbocycles. The Hall–Kier alpha value is -1.29. The molecule has 2 rings (SSSR count). The first-order valence-corrected chi connectivity index (χ1v) is 6.87. The first-order chi connectivity index (χ1) is 8.68. The quantitative estimate of drug-likeness (QED) is 0.860. The number of amides is 1. The second kappa shape index (κ2) is 6.05. The fraction of sp³-hybridized carbons (Fsp3) is 0.643. The molecule has 100 valence electrons. The third kappa shape index (κ3) is 3.13. The van der Waals surface area contributed by atoms with Crippen molar-refractivity contribution in [2.24, 2.45) is 0 Å². The van der Waals surface area contributed by atoms with Crippen LogP contribution in [-0.4, -0.2) is 29.6 Å². The lowest BCUT2D eigenvalue weighted by Crippen LogP contribution is -2.36. The highest BCUT2D eigenvalue weighted by Crippen LogP contribution is 2.12. The van der Waals surface area contributed by atoms with Crippen molar-refractivity contribution < 1.29 is 4.79 Å². The van der Waals surface area contributed by atoms with E-state index in [0.29, 0.717) is 12.1 Å². The Kier molecular flexibility index (Phi) is 4.42. The summed E-state index contributed by atoms with van der Waals surface area (Å²) in [5, 5.41) is 6.52. The number of nitrogens with zero attached hydrogens (tertiary/aromatic N) is 1. The van der Waals surface area contributed by atoms with Gasteiger partial charge in [-0.1, -0.05) is 0 Å². The molecule has 0 aromatic carbocycles. The third-order valence-electron chi connectivity index (χ3n) is 3.48. The lowest BCUT2D eigenvalue weighted by molar-refractivity contribution is 0.0923. The van der Waals surface area contributed by atoms with E-state index in [4.69, 9.17) is 0 Å². The topological polar surface area (TPSA) is 46.1 Å². The minimum absolute atomic E-state index is 0.0561. The van der Waals surface area contributed by atoms with Crippen molar-refractivity contribution in [3.63, 3.8) is 0 Å². The van der Waals surface area contributed by atoms with Crippen LogP contribution in [0.25, 0.3) is 0 Å². The van der Waals surface area contributed by atoms with Gasteiger partial charge in [0.1, 0.15) is 5.69 Å². The highest BCUT2D eigenvalue weighted by molar-refractivity contribution is 5.93. The number of carbonyl (C=O) groups excluding carboxylic acids is 1. The Labute approximate surface area is 109 Å². The van der Waals surface area contributed by atoms with Crippen LogP contribution in [0.3, 0.4) is 0 Å². The zero-order valence-electron chi connectivity index (χ0n) is 11.3. The van der Waals surface area contributed by atoms with Crippen molar-refractivity contribution in [2.45, 2.75) is 45.2 Å². The number of hydrogen-bond acceptors (Lipinski definition) is 2. The maximum Gasteiger partial charge on any atom is 0.268 e. The summed E-state index contributed by atoms with van der Waals surface area (Å²) in [6.45, 7) is 6.24. The Morgan fingerprint density at radius 3 is 3.06 bits per heavy atom. The van der Waals surface area contributed by atoms with Gasteiger partial charge in [0.15, 0.2) is 0 Å². The normalized spacial score (nSPS) is 20.7. The molecule has 18 heavy (non-hydrogen) atoms. The Morgan fingerprint density at radius 1 is 1.44 bits per heavy atom. The van der Waals surface area contributed by atoms with Gasteiger partial charge in [0.2, 0.25) is 0 Å². The molecule has 1 fully saturated rings. The van der Waals surface area contributed by atoms with E-state index in [1.54, 1.807) is 0 Å². The molecule has 1 aromatic heterocycles. The molecule has 0 radical (unpaired) electrons. The van der Waals surface area contributed by atoms with Crippen molar-refractivity contribution in [3.05, 3.63) is 24.0 Å². The first-order valence-electron chi connectivity index (χ1n) is 6.87. The molecular weight excluding hydrogens is 226 g/mol. The predicted molar refractivity (Wildman–Crippen MR) is 72.8 cm³/mol.